The number of nitrogens with one attached hydrogen (secondary N) is 1. The molecule has 3 heterocycles. The number of H-pyrrole nitrogens is 1. The quantitative estimate of drug-likeness (QED) is 0.655. The molecule has 0 unspecified atom stereocenters. The first-order valence-electron chi connectivity index (χ1n) is 5.79. The number of hydrogen-bond acceptors (Lipinski definition) is 7. The second-order valence-corrected chi connectivity index (χ2v) is 4.84. The Kier molecular flexibility index (Phi) is 3.56. The fourth-order valence-corrected chi connectivity index (χ4v) is 2.47. The maximum absolute atomic E-state index is 11.6. The molecule has 1 fully saturated rings. The van der Waals surface area contributed by atoms with Crippen LogP contribution in [0.15, 0.2) is 17.4 Å². The topological polar surface area (TPSA) is 122 Å². The molecule has 3 rings (SSSR count). The lowest BCUT2D eigenvalue weighted by molar-refractivity contribution is -0.0444. The number of aromatic amines is 1. The number of aromatic nitrogens is 4. The Balaban J connectivity index is 1.99. The highest BCUT2D eigenvalue weighted by atomic mass is 79.9. The number of nitrogens with zero attached hydrogens (tertiary/aromatic N) is 3. The minimum Gasteiger partial charge on any atom is -0.387 e. The summed E-state index contributed by atoms with van der Waals surface area (Å²) < 4.78 is 11.7. The second kappa shape index (κ2) is 5.22. The monoisotopic (exact) mass is 346 g/mol. The van der Waals surface area contributed by atoms with Gasteiger partial charge in [0.15, 0.2) is 17.4 Å². The van der Waals surface area contributed by atoms with Gasteiger partial charge in [-0.05, 0) is 0 Å². The number of hydrogen-bond donors (Lipinski definition) is 3. The van der Waals surface area contributed by atoms with Gasteiger partial charge in [-0.25, -0.2) is 9.97 Å². The Labute approximate surface area is 120 Å². The summed E-state index contributed by atoms with van der Waals surface area (Å²) in [5.74, 6) is 0. The Hall–Kier alpha value is -1.33. The van der Waals surface area contributed by atoms with Gasteiger partial charge in [0.25, 0.3) is 5.56 Å². The van der Waals surface area contributed by atoms with Crippen LogP contribution < -0.4 is 5.56 Å². The van der Waals surface area contributed by atoms with Crippen molar-refractivity contribution in [3.63, 3.8) is 0 Å². The zero-order valence-corrected chi connectivity index (χ0v) is 11.6. The normalized spacial score (nSPS) is 30.1. The van der Waals surface area contributed by atoms with Crippen molar-refractivity contribution < 1.29 is 18.8 Å². The van der Waals surface area contributed by atoms with Crippen molar-refractivity contribution in [3.05, 3.63) is 23.0 Å². The van der Waals surface area contributed by atoms with Gasteiger partial charge in [0.1, 0.15) is 18.3 Å². The van der Waals surface area contributed by atoms with Crippen molar-refractivity contribution in [3.8, 4) is 0 Å². The Morgan fingerprint density at radius 1 is 1.45 bits per heavy atom. The number of imidazole rings is 1. The first kappa shape index (κ1) is 13.6. The van der Waals surface area contributed by atoms with Crippen LogP contribution in [0, 0.1) is 0 Å². The minimum atomic E-state index is -1.18. The summed E-state index contributed by atoms with van der Waals surface area (Å²) in [6.07, 6.45) is -1.31. The van der Waals surface area contributed by atoms with Gasteiger partial charge in [-0.3, -0.25) is 9.36 Å². The van der Waals surface area contributed by atoms with E-state index in [0.29, 0.717) is 0 Å². The molecule has 10 heteroatoms. The maximum atomic E-state index is 11.6. The van der Waals surface area contributed by atoms with Crippen molar-refractivity contribution >= 4 is 27.4 Å². The van der Waals surface area contributed by atoms with Gasteiger partial charge in [-0.1, -0.05) is 0 Å². The van der Waals surface area contributed by atoms with Crippen LogP contribution in [0.25, 0.3) is 11.2 Å². The summed E-state index contributed by atoms with van der Waals surface area (Å²) >= 11 is 2.78. The highest BCUT2D eigenvalue weighted by Crippen LogP contribution is 2.31. The third kappa shape index (κ3) is 2.05. The molecule has 2 aromatic rings. The second-order valence-electron chi connectivity index (χ2n) is 4.38. The van der Waals surface area contributed by atoms with Gasteiger partial charge in [0.2, 0.25) is 0 Å². The van der Waals surface area contributed by atoms with E-state index in [1.165, 1.54) is 17.2 Å². The molecule has 0 aromatic carbocycles. The zero-order valence-electron chi connectivity index (χ0n) is 10.0. The summed E-state index contributed by atoms with van der Waals surface area (Å²) in [5, 5.41) is 19.9. The van der Waals surface area contributed by atoms with Crippen LogP contribution in [-0.4, -0.2) is 54.7 Å². The first-order chi connectivity index (χ1) is 9.63. The molecule has 1 aliphatic rings. The van der Waals surface area contributed by atoms with Crippen LogP contribution in [0.5, 0.6) is 0 Å². The van der Waals surface area contributed by atoms with Crippen molar-refractivity contribution in [2.24, 2.45) is 0 Å². The van der Waals surface area contributed by atoms with Crippen LogP contribution in [-0.2, 0) is 8.57 Å². The number of halogens is 1. The largest absolute Gasteiger partial charge is 0.387 e. The summed E-state index contributed by atoms with van der Waals surface area (Å²) in [6.45, 7) is 0.0648. The summed E-state index contributed by atoms with van der Waals surface area (Å²) in [7, 11) is 0. The molecule has 1 saturated heterocycles. The van der Waals surface area contributed by atoms with Crippen LogP contribution in [0.1, 0.15) is 6.23 Å². The van der Waals surface area contributed by atoms with E-state index in [1.807, 2.05) is 0 Å². The Morgan fingerprint density at radius 3 is 3.00 bits per heavy atom. The van der Waals surface area contributed by atoms with Gasteiger partial charge >= 0.3 is 0 Å². The summed E-state index contributed by atoms with van der Waals surface area (Å²) in [4.78, 5) is 21.9. The molecule has 2 aromatic heterocycles. The molecule has 0 aliphatic carbocycles. The fraction of sp³-hybridized carbons (Fsp3) is 0.500. The van der Waals surface area contributed by atoms with Gasteiger partial charge in [0, 0.05) is 0 Å². The first-order valence-corrected chi connectivity index (χ1v) is 6.43. The van der Waals surface area contributed by atoms with Gasteiger partial charge in [0.05, 0.1) is 35.5 Å². The average molecular weight is 347 g/mol. The molecular formula is C10H11BrN4O5. The minimum absolute atomic E-state index is 0.0648. The number of fused-ring (bicyclic) bond motifs is 1. The lowest BCUT2D eigenvalue weighted by Gasteiger charge is -2.16. The Morgan fingerprint density at radius 2 is 2.25 bits per heavy atom. The molecule has 0 spiro atoms. The molecule has 0 radical (unpaired) electrons. The third-order valence-electron chi connectivity index (χ3n) is 3.20. The molecule has 0 saturated carbocycles. The van der Waals surface area contributed by atoms with Crippen molar-refractivity contribution in [2.75, 3.05) is 6.61 Å². The van der Waals surface area contributed by atoms with E-state index >= 15 is 0 Å². The van der Waals surface area contributed by atoms with E-state index < -0.39 is 24.5 Å². The van der Waals surface area contributed by atoms with E-state index in [-0.39, 0.29) is 23.3 Å². The van der Waals surface area contributed by atoms with Crippen LogP contribution in [0.2, 0.25) is 0 Å². The molecule has 108 valence electrons. The van der Waals surface area contributed by atoms with Crippen LogP contribution in [0.3, 0.4) is 0 Å². The molecule has 1 aliphatic heterocycles. The molecule has 4 atom stereocenters. The summed E-state index contributed by atoms with van der Waals surface area (Å²) in [5.41, 5.74) is 0.0190. The van der Waals surface area contributed by atoms with Crippen LogP contribution >= 0.6 is 16.3 Å². The number of rotatable bonds is 3. The molecule has 0 amide bonds. The maximum Gasteiger partial charge on any atom is 0.278 e. The summed E-state index contributed by atoms with van der Waals surface area (Å²) in [6, 6.07) is 0. The predicted molar refractivity (Wildman–Crippen MR) is 69.0 cm³/mol. The molecule has 9 nitrogen and oxygen atoms in total. The smallest absolute Gasteiger partial charge is 0.278 e. The van der Waals surface area contributed by atoms with Crippen molar-refractivity contribution in [1.29, 1.82) is 0 Å². The van der Waals surface area contributed by atoms with E-state index in [2.05, 4.69) is 31.2 Å². The number of aliphatic hydroxyl groups is 2. The SMILES string of the molecule is O=c1[nH]cnc2c1ncn2[C@@H]1O[C@H](COBr)[C@@H](O)[C@H]1O. The highest BCUT2D eigenvalue weighted by molar-refractivity contribution is 9.06. The number of ether oxygens (including phenoxy) is 1. The molecular weight excluding hydrogens is 336 g/mol. The third-order valence-corrected chi connectivity index (χ3v) is 3.47. The van der Waals surface area contributed by atoms with Crippen LogP contribution in [0.4, 0.5) is 0 Å². The van der Waals surface area contributed by atoms with E-state index in [0.717, 1.165) is 0 Å². The van der Waals surface area contributed by atoms with E-state index in [1.54, 1.807) is 0 Å². The highest BCUT2D eigenvalue weighted by Gasteiger charge is 2.44. The van der Waals surface area contributed by atoms with Gasteiger partial charge < -0.3 is 23.8 Å². The van der Waals surface area contributed by atoms with Gasteiger partial charge in [-0.15, -0.1) is 0 Å². The Bertz CT molecular complexity index is 673. The number of aliphatic hydroxyl groups excluding tert-OH is 2. The van der Waals surface area contributed by atoms with Crippen molar-refractivity contribution in [1.82, 2.24) is 19.5 Å². The van der Waals surface area contributed by atoms with E-state index in [9.17, 15) is 15.0 Å². The molecule has 0 bridgehead atoms. The average Bonchev–Trinajstić information content (AvgIpc) is 2.97. The molecule has 3 N–H and O–H groups in total. The fourth-order valence-electron chi connectivity index (χ4n) is 2.21. The lowest BCUT2D eigenvalue weighted by atomic mass is 10.1. The lowest BCUT2D eigenvalue weighted by Crippen LogP contribution is -2.33. The predicted octanol–water partition coefficient (Wildman–Crippen LogP) is -0.935. The van der Waals surface area contributed by atoms with Gasteiger partial charge in [-0.2, -0.15) is 0 Å². The molecule has 20 heavy (non-hydrogen) atoms. The standard InChI is InChI=1S/C10H11BrN4O5/c11-19-1-4-6(16)7(17)10(20-4)15-3-14-5-8(15)12-2-13-9(5)18/h2-4,6-7,10,16-17H,1H2,(H,12,13,18)/t4-,6-,7-,10-/m1/s1. The zero-order chi connectivity index (χ0) is 14.3. The van der Waals surface area contributed by atoms with E-state index in [4.69, 9.17) is 8.57 Å². The van der Waals surface area contributed by atoms with Crippen molar-refractivity contribution in [2.45, 2.75) is 24.5 Å².